The number of ether oxygens (including phenoxy) is 1. The number of hydrogen-bond acceptors (Lipinski definition) is 3. The van der Waals surface area contributed by atoms with Crippen molar-refractivity contribution in [2.24, 2.45) is 5.73 Å². The second kappa shape index (κ2) is 3.44. The number of carbonyl (C=O) groups excluding carboxylic acids is 1. The molecule has 1 unspecified atom stereocenters. The molecule has 1 aliphatic rings. The average Bonchev–Trinajstić information content (AvgIpc) is 2.32. The van der Waals surface area contributed by atoms with Gasteiger partial charge in [0.15, 0.2) is 0 Å². The van der Waals surface area contributed by atoms with Gasteiger partial charge in [0, 0.05) is 0 Å². The molecule has 0 saturated heterocycles. The van der Waals surface area contributed by atoms with Crippen molar-refractivity contribution in [2.45, 2.75) is 13.0 Å². The summed E-state index contributed by atoms with van der Waals surface area (Å²) in [7, 11) is 0. The standard InChI is InChI=1S/C7H10N2O4/c1-3-5(9-7(8)12)4(2-13-3)6(10)11/h3H,2H2,1H3,(H,10,11)(H3,8,9,12). The van der Waals surface area contributed by atoms with Crippen molar-refractivity contribution in [1.29, 1.82) is 0 Å². The van der Waals surface area contributed by atoms with Gasteiger partial charge in [-0.3, -0.25) is 0 Å². The molecule has 0 aromatic rings. The molecule has 1 atom stereocenters. The fourth-order valence-electron chi connectivity index (χ4n) is 1.10. The molecule has 0 fully saturated rings. The topological polar surface area (TPSA) is 102 Å². The molecule has 0 aromatic carbocycles. The third kappa shape index (κ3) is 1.97. The number of nitrogens with two attached hydrogens (primary N) is 1. The molecule has 4 N–H and O–H groups in total. The first-order valence-electron chi connectivity index (χ1n) is 3.66. The second-order valence-electron chi connectivity index (χ2n) is 2.64. The molecule has 1 aliphatic heterocycles. The van der Waals surface area contributed by atoms with E-state index < -0.39 is 18.1 Å². The summed E-state index contributed by atoms with van der Waals surface area (Å²) in [5.74, 6) is -1.10. The normalized spacial score (nSPS) is 21.8. The summed E-state index contributed by atoms with van der Waals surface area (Å²) in [6.07, 6.45) is -0.432. The first-order chi connectivity index (χ1) is 6.02. The van der Waals surface area contributed by atoms with E-state index in [1.54, 1.807) is 6.92 Å². The SMILES string of the molecule is CC1OCC(C(=O)O)=C1NC(N)=O. The maximum atomic E-state index is 10.6. The van der Waals surface area contributed by atoms with Crippen LogP contribution < -0.4 is 11.1 Å². The van der Waals surface area contributed by atoms with E-state index in [0.717, 1.165) is 0 Å². The molecule has 0 aromatic heterocycles. The summed E-state index contributed by atoms with van der Waals surface area (Å²) in [6, 6.07) is -0.786. The third-order valence-electron chi connectivity index (χ3n) is 1.73. The van der Waals surface area contributed by atoms with Crippen molar-refractivity contribution in [3.8, 4) is 0 Å². The van der Waals surface area contributed by atoms with Crippen molar-refractivity contribution in [3.05, 3.63) is 11.3 Å². The van der Waals surface area contributed by atoms with Gasteiger partial charge in [0.05, 0.1) is 24.0 Å². The van der Waals surface area contributed by atoms with Gasteiger partial charge in [0.1, 0.15) is 0 Å². The number of hydrogen-bond donors (Lipinski definition) is 3. The lowest BCUT2D eigenvalue weighted by Crippen LogP contribution is -2.33. The number of carboxylic acid groups (broad SMARTS) is 1. The number of primary amides is 1. The lowest BCUT2D eigenvalue weighted by molar-refractivity contribution is -0.133. The monoisotopic (exact) mass is 186 g/mol. The number of amides is 2. The largest absolute Gasteiger partial charge is 0.478 e. The van der Waals surface area contributed by atoms with Gasteiger partial charge >= 0.3 is 12.0 Å². The van der Waals surface area contributed by atoms with Crippen LogP contribution in [0.2, 0.25) is 0 Å². The van der Waals surface area contributed by atoms with Crippen LogP contribution in [-0.2, 0) is 9.53 Å². The molecule has 6 heteroatoms. The smallest absolute Gasteiger partial charge is 0.335 e. The molecule has 0 aliphatic carbocycles. The molecular weight excluding hydrogens is 176 g/mol. The van der Waals surface area contributed by atoms with Gasteiger partial charge in [-0.2, -0.15) is 0 Å². The predicted molar refractivity (Wildman–Crippen MR) is 42.8 cm³/mol. The Balaban J connectivity index is 2.89. The van der Waals surface area contributed by atoms with E-state index in [1.165, 1.54) is 0 Å². The summed E-state index contributed by atoms with van der Waals surface area (Å²) in [6.45, 7) is 1.63. The minimum Gasteiger partial charge on any atom is -0.478 e. The number of aliphatic carboxylic acids is 1. The van der Waals surface area contributed by atoms with Crippen LogP contribution >= 0.6 is 0 Å². The first-order valence-corrected chi connectivity index (χ1v) is 3.66. The Kier molecular flexibility index (Phi) is 2.52. The van der Waals surface area contributed by atoms with Crippen LogP contribution in [0.15, 0.2) is 11.3 Å². The molecule has 2 amide bonds. The summed E-state index contributed by atoms with van der Waals surface area (Å²) in [5, 5.41) is 10.9. The van der Waals surface area contributed by atoms with E-state index >= 15 is 0 Å². The molecule has 0 radical (unpaired) electrons. The van der Waals surface area contributed by atoms with E-state index in [2.05, 4.69) is 5.32 Å². The molecule has 0 spiro atoms. The fourth-order valence-corrected chi connectivity index (χ4v) is 1.10. The van der Waals surface area contributed by atoms with Crippen molar-refractivity contribution in [3.63, 3.8) is 0 Å². The van der Waals surface area contributed by atoms with Crippen molar-refractivity contribution in [1.82, 2.24) is 5.32 Å². The molecule has 0 bridgehead atoms. The van der Waals surface area contributed by atoms with Gasteiger partial charge in [-0.15, -0.1) is 0 Å². The fraction of sp³-hybridized carbons (Fsp3) is 0.429. The molecule has 13 heavy (non-hydrogen) atoms. The van der Waals surface area contributed by atoms with Gasteiger partial charge in [-0.25, -0.2) is 9.59 Å². The van der Waals surface area contributed by atoms with Gasteiger partial charge in [0.25, 0.3) is 0 Å². The van der Waals surface area contributed by atoms with Gasteiger partial charge in [-0.05, 0) is 6.92 Å². The highest BCUT2D eigenvalue weighted by Gasteiger charge is 2.27. The molecule has 1 rings (SSSR count). The van der Waals surface area contributed by atoms with E-state index in [1.807, 2.05) is 0 Å². The summed E-state index contributed by atoms with van der Waals surface area (Å²) < 4.78 is 5.02. The van der Waals surface area contributed by atoms with Crippen LogP contribution in [0.4, 0.5) is 4.79 Å². The highest BCUT2D eigenvalue weighted by atomic mass is 16.5. The third-order valence-corrected chi connectivity index (χ3v) is 1.73. The zero-order valence-electron chi connectivity index (χ0n) is 7.03. The number of rotatable bonds is 2. The van der Waals surface area contributed by atoms with Crippen LogP contribution in [0.5, 0.6) is 0 Å². The first kappa shape index (κ1) is 9.53. The van der Waals surface area contributed by atoms with Crippen LogP contribution in [0.25, 0.3) is 0 Å². The van der Waals surface area contributed by atoms with Crippen molar-refractivity contribution >= 4 is 12.0 Å². The van der Waals surface area contributed by atoms with Crippen LogP contribution in [-0.4, -0.2) is 29.8 Å². The highest BCUT2D eigenvalue weighted by Crippen LogP contribution is 2.18. The van der Waals surface area contributed by atoms with Crippen molar-refractivity contribution < 1.29 is 19.4 Å². The molecule has 72 valence electrons. The molecule has 1 heterocycles. The average molecular weight is 186 g/mol. The summed E-state index contributed by atoms with van der Waals surface area (Å²) >= 11 is 0. The minimum atomic E-state index is -1.10. The van der Waals surface area contributed by atoms with Crippen molar-refractivity contribution in [2.75, 3.05) is 6.61 Å². The lowest BCUT2D eigenvalue weighted by Gasteiger charge is -2.08. The number of urea groups is 1. The zero-order chi connectivity index (χ0) is 10.0. The quantitative estimate of drug-likeness (QED) is 0.536. The Bertz CT molecular complexity index is 284. The highest BCUT2D eigenvalue weighted by molar-refractivity contribution is 5.89. The van der Waals surface area contributed by atoms with Gasteiger partial charge in [0.2, 0.25) is 0 Å². The maximum Gasteiger partial charge on any atom is 0.335 e. The van der Waals surface area contributed by atoms with Crippen LogP contribution in [0.3, 0.4) is 0 Å². The maximum absolute atomic E-state index is 10.6. The molecule has 6 nitrogen and oxygen atoms in total. The number of nitrogens with one attached hydrogen (secondary N) is 1. The summed E-state index contributed by atoms with van der Waals surface area (Å²) in [4.78, 5) is 21.1. The zero-order valence-corrected chi connectivity index (χ0v) is 7.03. The minimum absolute atomic E-state index is 0.00782. The van der Waals surface area contributed by atoms with Crippen LogP contribution in [0.1, 0.15) is 6.92 Å². The number of carboxylic acids is 1. The Morgan fingerprint density at radius 1 is 1.69 bits per heavy atom. The van der Waals surface area contributed by atoms with E-state index in [-0.39, 0.29) is 17.9 Å². The predicted octanol–water partition coefficient (Wildman–Crippen LogP) is -0.588. The summed E-state index contributed by atoms with van der Waals surface area (Å²) in [5.41, 5.74) is 5.15. The Morgan fingerprint density at radius 3 is 2.77 bits per heavy atom. The molecular formula is C7H10N2O4. The van der Waals surface area contributed by atoms with Gasteiger partial charge in [-0.1, -0.05) is 0 Å². The van der Waals surface area contributed by atoms with E-state index in [4.69, 9.17) is 15.6 Å². The Labute approximate surface area is 74.4 Å². The van der Waals surface area contributed by atoms with Gasteiger partial charge < -0.3 is 20.9 Å². The van der Waals surface area contributed by atoms with E-state index in [0.29, 0.717) is 0 Å². The lowest BCUT2D eigenvalue weighted by atomic mass is 10.2. The number of carbonyl (C=O) groups is 2. The van der Waals surface area contributed by atoms with Crippen LogP contribution in [0, 0.1) is 0 Å². The Morgan fingerprint density at radius 2 is 2.31 bits per heavy atom. The second-order valence-corrected chi connectivity index (χ2v) is 2.64. The van der Waals surface area contributed by atoms with E-state index in [9.17, 15) is 9.59 Å². The Hall–Kier alpha value is -1.56. The molecule has 0 saturated carbocycles.